The number of carbonyl (C=O) groups excluding carboxylic acids is 3. The summed E-state index contributed by atoms with van der Waals surface area (Å²) in [5.41, 5.74) is 9.88. The van der Waals surface area contributed by atoms with E-state index in [0.717, 1.165) is 31.4 Å². The molecule has 0 aliphatic heterocycles. The third-order valence-electron chi connectivity index (χ3n) is 4.98. The maximum Gasteiger partial charge on any atom is 0.329 e. The molecule has 2 atom stereocenters. The van der Waals surface area contributed by atoms with Gasteiger partial charge in [-0.15, -0.1) is 0 Å². The molecule has 188 valence electrons. The van der Waals surface area contributed by atoms with Crippen LogP contribution < -0.4 is 11.1 Å². The van der Waals surface area contributed by atoms with Crippen LogP contribution in [0.15, 0.2) is 34.9 Å². The number of methoxy groups -OCH3 is 2. The number of rotatable bonds is 16. The first-order chi connectivity index (χ1) is 15.6. The lowest BCUT2D eigenvalue weighted by Crippen LogP contribution is -2.50. The molecule has 0 spiro atoms. The first-order valence-electron chi connectivity index (χ1n) is 11.3. The van der Waals surface area contributed by atoms with Crippen LogP contribution in [0, 0.1) is 0 Å². The molecule has 0 aromatic rings. The number of thioether (sulfide) groups is 1. The minimum absolute atomic E-state index is 0.0387. The van der Waals surface area contributed by atoms with E-state index in [0.29, 0.717) is 5.75 Å². The van der Waals surface area contributed by atoms with E-state index in [1.165, 1.54) is 42.7 Å². The van der Waals surface area contributed by atoms with Crippen LogP contribution in [-0.2, 0) is 23.9 Å². The van der Waals surface area contributed by atoms with Crippen molar-refractivity contribution < 1.29 is 23.9 Å². The highest BCUT2D eigenvalue weighted by Gasteiger charge is 2.24. The molecule has 0 aliphatic rings. The lowest BCUT2D eigenvalue weighted by Gasteiger charge is -2.18. The number of hydrogen-bond donors (Lipinski definition) is 2. The van der Waals surface area contributed by atoms with Gasteiger partial charge in [0.15, 0.2) is 0 Å². The summed E-state index contributed by atoms with van der Waals surface area (Å²) >= 11 is 1.53. The molecule has 0 aromatic heterocycles. The summed E-state index contributed by atoms with van der Waals surface area (Å²) in [6, 6.07) is -1.70. The van der Waals surface area contributed by atoms with Crippen molar-refractivity contribution in [1.82, 2.24) is 5.32 Å². The fourth-order valence-electron chi connectivity index (χ4n) is 2.82. The van der Waals surface area contributed by atoms with Crippen LogP contribution in [0.25, 0.3) is 0 Å². The number of carbonyl (C=O) groups is 3. The van der Waals surface area contributed by atoms with Crippen LogP contribution in [0.5, 0.6) is 0 Å². The Morgan fingerprint density at radius 1 is 0.909 bits per heavy atom. The number of amides is 1. The number of esters is 2. The van der Waals surface area contributed by atoms with Gasteiger partial charge >= 0.3 is 11.9 Å². The summed E-state index contributed by atoms with van der Waals surface area (Å²) in [6.07, 6.45) is 11.1. The molecule has 0 aromatic carbocycles. The number of nitrogens with one attached hydrogen (secondary N) is 1. The van der Waals surface area contributed by atoms with Gasteiger partial charge in [-0.3, -0.25) is 9.59 Å². The Morgan fingerprint density at radius 2 is 1.52 bits per heavy atom. The van der Waals surface area contributed by atoms with Gasteiger partial charge in [-0.2, -0.15) is 11.8 Å². The predicted molar refractivity (Wildman–Crippen MR) is 136 cm³/mol. The average molecular weight is 483 g/mol. The van der Waals surface area contributed by atoms with Crippen molar-refractivity contribution in [3.05, 3.63) is 34.9 Å². The maximum atomic E-state index is 12.3. The molecule has 0 aliphatic carbocycles. The second-order valence-corrected chi connectivity index (χ2v) is 9.38. The van der Waals surface area contributed by atoms with Crippen molar-refractivity contribution in [3.63, 3.8) is 0 Å². The first-order valence-corrected chi connectivity index (χ1v) is 12.5. The fraction of sp³-hybridized carbons (Fsp3) is 0.640. The highest BCUT2D eigenvalue weighted by Crippen LogP contribution is 2.13. The number of nitrogens with two attached hydrogens (primary N) is 1. The molecule has 0 heterocycles. The van der Waals surface area contributed by atoms with E-state index in [1.54, 1.807) is 0 Å². The SMILES string of the molecule is COC(=O)CC[C@H](N)C(=O)N[C@@H](CSC/C=C(\C)CC/C=C(\C)CCC=C(C)C)C(=O)OC. The lowest BCUT2D eigenvalue weighted by molar-refractivity contribution is -0.145. The van der Waals surface area contributed by atoms with Gasteiger partial charge in [0.05, 0.1) is 20.3 Å². The zero-order valence-electron chi connectivity index (χ0n) is 21.1. The van der Waals surface area contributed by atoms with E-state index in [2.05, 4.69) is 56.0 Å². The Balaban J connectivity index is 4.46. The van der Waals surface area contributed by atoms with Crippen molar-refractivity contribution in [2.45, 2.75) is 78.3 Å². The van der Waals surface area contributed by atoms with Crippen molar-refractivity contribution >= 4 is 29.6 Å². The number of hydrogen-bond acceptors (Lipinski definition) is 7. The van der Waals surface area contributed by atoms with Gasteiger partial charge in [0, 0.05) is 17.9 Å². The molecule has 7 nitrogen and oxygen atoms in total. The molecular weight excluding hydrogens is 440 g/mol. The summed E-state index contributed by atoms with van der Waals surface area (Å²) in [7, 11) is 2.56. The van der Waals surface area contributed by atoms with Gasteiger partial charge in [-0.25, -0.2) is 4.79 Å². The zero-order valence-corrected chi connectivity index (χ0v) is 21.9. The quantitative estimate of drug-likeness (QED) is 0.194. The van der Waals surface area contributed by atoms with Crippen LogP contribution in [0.1, 0.15) is 66.2 Å². The Labute approximate surface area is 203 Å². The fourth-order valence-corrected chi connectivity index (χ4v) is 3.82. The van der Waals surface area contributed by atoms with Crippen molar-refractivity contribution in [2.75, 3.05) is 25.7 Å². The minimum atomic E-state index is -0.901. The maximum absolute atomic E-state index is 12.3. The third-order valence-corrected chi connectivity index (χ3v) is 5.95. The van der Waals surface area contributed by atoms with Crippen molar-refractivity contribution in [3.8, 4) is 0 Å². The molecule has 1 amide bonds. The summed E-state index contributed by atoms with van der Waals surface area (Å²) < 4.78 is 9.34. The standard InChI is InChI=1S/C25H42N2O5S/c1-18(2)9-7-10-19(3)11-8-12-20(4)15-16-33-17-22(25(30)32-6)27-24(29)21(26)13-14-23(28)31-5/h9,11,15,21-22H,7-8,10,12-14,16-17,26H2,1-6H3,(H,27,29)/b19-11+,20-15+/t21-,22-/m0/s1. The summed E-state index contributed by atoms with van der Waals surface area (Å²) in [6.45, 7) is 8.52. The number of ether oxygens (including phenoxy) is 2. The van der Waals surface area contributed by atoms with Gasteiger partial charge in [0.2, 0.25) is 5.91 Å². The number of allylic oxidation sites excluding steroid dienone is 5. The lowest BCUT2D eigenvalue weighted by atomic mass is 10.1. The molecule has 0 saturated carbocycles. The molecule has 0 bridgehead atoms. The van der Waals surface area contributed by atoms with E-state index < -0.39 is 29.9 Å². The minimum Gasteiger partial charge on any atom is -0.469 e. The van der Waals surface area contributed by atoms with Gasteiger partial charge < -0.3 is 20.5 Å². The monoisotopic (exact) mass is 482 g/mol. The summed E-state index contributed by atoms with van der Waals surface area (Å²) in [5.74, 6) is -0.351. The normalized spacial score (nSPS) is 13.7. The van der Waals surface area contributed by atoms with E-state index >= 15 is 0 Å². The zero-order chi connectivity index (χ0) is 25.2. The van der Waals surface area contributed by atoms with Crippen LogP contribution >= 0.6 is 11.8 Å². The summed E-state index contributed by atoms with van der Waals surface area (Å²) in [4.78, 5) is 35.5. The molecule has 0 saturated heterocycles. The van der Waals surface area contributed by atoms with Gasteiger partial charge in [0.25, 0.3) is 0 Å². The van der Waals surface area contributed by atoms with E-state index in [1.807, 2.05) is 0 Å². The van der Waals surface area contributed by atoms with Crippen LogP contribution in [0.4, 0.5) is 0 Å². The second kappa shape index (κ2) is 18.4. The molecule has 8 heteroatoms. The van der Waals surface area contributed by atoms with E-state index in [4.69, 9.17) is 10.5 Å². The molecule has 3 N–H and O–H groups in total. The molecule has 0 fully saturated rings. The topological polar surface area (TPSA) is 108 Å². The molecule has 0 rings (SSSR count). The molecule has 33 heavy (non-hydrogen) atoms. The summed E-state index contributed by atoms with van der Waals surface area (Å²) in [5, 5.41) is 2.62. The second-order valence-electron chi connectivity index (χ2n) is 8.30. The Bertz CT molecular complexity index is 712. The van der Waals surface area contributed by atoms with Crippen LogP contribution in [0.3, 0.4) is 0 Å². The van der Waals surface area contributed by atoms with Gasteiger partial charge in [0.1, 0.15) is 6.04 Å². The first kappa shape index (κ1) is 30.9. The average Bonchev–Trinajstić information content (AvgIpc) is 2.78. The third kappa shape index (κ3) is 16.2. The predicted octanol–water partition coefficient (Wildman–Crippen LogP) is 4.08. The van der Waals surface area contributed by atoms with Gasteiger partial charge in [-0.1, -0.05) is 34.9 Å². The van der Waals surface area contributed by atoms with Crippen molar-refractivity contribution in [1.29, 1.82) is 0 Å². The van der Waals surface area contributed by atoms with E-state index in [-0.39, 0.29) is 12.8 Å². The Morgan fingerprint density at radius 3 is 2.09 bits per heavy atom. The van der Waals surface area contributed by atoms with Crippen molar-refractivity contribution in [2.24, 2.45) is 5.73 Å². The largest absolute Gasteiger partial charge is 0.469 e. The van der Waals surface area contributed by atoms with Crippen LogP contribution in [-0.4, -0.2) is 55.7 Å². The Hall–Kier alpha value is -2.06. The molecular formula is C25H42N2O5S. The smallest absolute Gasteiger partial charge is 0.329 e. The highest BCUT2D eigenvalue weighted by atomic mass is 32.2. The van der Waals surface area contributed by atoms with E-state index in [9.17, 15) is 14.4 Å². The molecule has 0 unspecified atom stereocenters. The van der Waals surface area contributed by atoms with Crippen LogP contribution in [0.2, 0.25) is 0 Å². The Kier molecular flexibility index (Phi) is 17.2. The van der Waals surface area contributed by atoms with Gasteiger partial charge in [-0.05, 0) is 59.8 Å². The molecule has 0 radical (unpaired) electrons. The highest BCUT2D eigenvalue weighted by molar-refractivity contribution is 7.99.